The van der Waals surface area contributed by atoms with Gasteiger partial charge in [-0.25, -0.2) is 9.79 Å². The van der Waals surface area contributed by atoms with Gasteiger partial charge in [-0.1, -0.05) is 0 Å². The lowest BCUT2D eigenvalue weighted by Crippen LogP contribution is -2.03. The smallest absolute Gasteiger partial charge is 0.356 e. The molecule has 1 N–H and O–H groups in total. The van der Waals surface area contributed by atoms with Gasteiger partial charge in [-0.3, -0.25) is 5.10 Å². The van der Waals surface area contributed by atoms with E-state index >= 15 is 0 Å². The maximum absolute atomic E-state index is 11.4. The summed E-state index contributed by atoms with van der Waals surface area (Å²) in [4.78, 5) is 15.1. The molecule has 1 heterocycles. The van der Waals surface area contributed by atoms with Crippen LogP contribution in [-0.2, 0) is 9.47 Å². The molecule has 0 aliphatic rings. The van der Waals surface area contributed by atoms with Gasteiger partial charge in [-0.2, -0.15) is 5.10 Å². The van der Waals surface area contributed by atoms with E-state index in [0.29, 0.717) is 17.1 Å². The van der Waals surface area contributed by atoms with E-state index < -0.39 is 5.97 Å². The summed E-state index contributed by atoms with van der Waals surface area (Å²) in [6.45, 7) is 5.12. The predicted molar refractivity (Wildman–Crippen MR) is 59.8 cm³/mol. The number of allylic oxidation sites excluding steroid dienone is 1. The molecule has 1 aromatic rings. The zero-order chi connectivity index (χ0) is 12.1. The molecule has 0 amide bonds. The minimum absolute atomic E-state index is 0.223. The molecule has 1 rings (SSSR count). The van der Waals surface area contributed by atoms with Gasteiger partial charge in [0.1, 0.15) is 0 Å². The lowest BCUT2D eigenvalue weighted by Gasteiger charge is -2.00. The fourth-order valence-electron chi connectivity index (χ4n) is 1.12. The predicted octanol–water partition coefficient (Wildman–Crippen LogP) is 1.54. The van der Waals surface area contributed by atoms with Crippen molar-refractivity contribution in [1.82, 2.24) is 10.2 Å². The summed E-state index contributed by atoms with van der Waals surface area (Å²) < 4.78 is 9.60. The number of hydrogen-bond acceptors (Lipinski definition) is 5. The van der Waals surface area contributed by atoms with Gasteiger partial charge in [0.25, 0.3) is 0 Å². The Morgan fingerprint density at radius 2 is 2.19 bits per heavy atom. The molecule has 0 aliphatic carbocycles. The molecule has 0 spiro atoms. The van der Waals surface area contributed by atoms with Crippen LogP contribution in [-0.4, -0.2) is 37.1 Å². The van der Waals surface area contributed by atoms with Crippen molar-refractivity contribution < 1.29 is 14.3 Å². The van der Waals surface area contributed by atoms with Crippen molar-refractivity contribution in [3.63, 3.8) is 0 Å². The van der Waals surface area contributed by atoms with E-state index in [9.17, 15) is 4.79 Å². The lowest BCUT2D eigenvalue weighted by atomic mass is 10.2. The Balaban J connectivity index is 3.26. The lowest BCUT2D eigenvalue weighted by molar-refractivity contribution is 0.0594. The van der Waals surface area contributed by atoms with Crippen LogP contribution in [0.4, 0.5) is 5.82 Å². The summed E-state index contributed by atoms with van der Waals surface area (Å²) in [6, 6.07) is 0. The number of nitrogens with zero attached hydrogens (tertiary/aromatic N) is 2. The Bertz CT molecular complexity index is 435. The Morgan fingerprint density at radius 3 is 2.69 bits per heavy atom. The number of nitrogens with one attached hydrogen (secondary N) is 1. The summed E-state index contributed by atoms with van der Waals surface area (Å²) in [5.74, 6) is 0.436. The highest BCUT2D eigenvalue weighted by molar-refractivity contribution is 5.93. The molecule has 0 radical (unpaired) electrons. The Labute approximate surface area is 93.0 Å². The molecular weight excluding hydrogens is 210 g/mol. The van der Waals surface area contributed by atoms with Crippen LogP contribution in [0.5, 0.6) is 0 Å². The molecule has 0 aromatic carbocycles. The number of esters is 1. The summed E-state index contributed by atoms with van der Waals surface area (Å²) in [5, 5.41) is 6.38. The number of rotatable bonds is 4. The van der Waals surface area contributed by atoms with Gasteiger partial charge < -0.3 is 9.47 Å². The maximum Gasteiger partial charge on any atom is 0.356 e. The number of aliphatic imine (C=N–C) groups is 1. The largest absolute Gasteiger partial charge is 0.501 e. The van der Waals surface area contributed by atoms with E-state index in [1.54, 1.807) is 13.0 Å². The highest BCUT2D eigenvalue weighted by Gasteiger charge is 2.17. The molecule has 6 heteroatoms. The molecule has 0 bridgehead atoms. The van der Waals surface area contributed by atoms with E-state index in [-0.39, 0.29) is 5.69 Å². The molecule has 0 atom stereocenters. The number of hydrogen-bond donors (Lipinski definition) is 1. The maximum atomic E-state index is 11.4. The molecule has 0 saturated carbocycles. The van der Waals surface area contributed by atoms with Gasteiger partial charge >= 0.3 is 5.97 Å². The van der Waals surface area contributed by atoms with Crippen LogP contribution >= 0.6 is 0 Å². The van der Waals surface area contributed by atoms with E-state index in [1.165, 1.54) is 14.2 Å². The fraction of sp³-hybridized carbons (Fsp3) is 0.300. The SMILES string of the molecule is C=Nc1n[nH]c(C(=O)OC)c1/C=C(\C)OC. The molecule has 6 nitrogen and oxygen atoms in total. The number of methoxy groups -OCH3 is 2. The third kappa shape index (κ3) is 2.28. The summed E-state index contributed by atoms with van der Waals surface area (Å²) in [7, 11) is 2.83. The van der Waals surface area contributed by atoms with Gasteiger partial charge in [-0.05, 0) is 19.7 Å². The summed E-state index contributed by atoms with van der Waals surface area (Å²) in [5.41, 5.74) is 0.725. The monoisotopic (exact) mass is 223 g/mol. The van der Waals surface area contributed by atoms with Crippen LogP contribution in [0.15, 0.2) is 10.8 Å². The Kier molecular flexibility index (Phi) is 3.82. The zero-order valence-electron chi connectivity index (χ0n) is 9.40. The molecule has 1 aromatic heterocycles. The number of ether oxygens (including phenoxy) is 2. The van der Waals surface area contributed by atoms with Crippen LogP contribution in [0.3, 0.4) is 0 Å². The van der Waals surface area contributed by atoms with Crippen molar-refractivity contribution in [3.8, 4) is 0 Å². The minimum Gasteiger partial charge on any atom is -0.501 e. The van der Waals surface area contributed by atoms with Crippen LogP contribution in [0, 0.1) is 0 Å². The van der Waals surface area contributed by atoms with E-state index in [0.717, 1.165) is 0 Å². The van der Waals surface area contributed by atoms with E-state index in [1.807, 2.05) is 0 Å². The van der Waals surface area contributed by atoms with Crippen LogP contribution in [0.2, 0.25) is 0 Å². The first kappa shape index (κ1) is 12.0. The van der Waals surface area contributed by atoms with Gasteiger partial charge in [0.15, 0.2) is 11.5 Å². The second-order valence-electron chi connectivity index (χ2n) is 2.94. The van der Waals surface area contributed by atoms with Crippen molar-refractivity contribution >= 4 is 24.6 Å². The first-order valence-electron chi connectivity index (χ1n) is 4.49. The average Bonchev–Trinajstić information content (AvgIpc) is 2.70. The van der Waals surface area contributed by atoms with Crippen molar-refractivity contribution in [3.05, 3.63) is 17.0 Å². The third-order valence-electron chi connectivity index (χ3n) is 1.99. The molecule has 86 valence electrons. The van der Waals surface area contributed by atoms with Crippen LogP contribution in [0.1, 0.15) is 23.0 Å². The van der Waals surface area contributed by atoms with Gasteiger partial charge in [0.05, 0.1) is 25.5 Å². The fourth-order valence-corrected chi connectivity index (χ4v) is 1.12. The number of carbonyl (C=O) groups excluding carboxylic acids is 1. The van der Waals surface area contributed by atoms with Crippen LogP contribution in [0.25, 0.3) is 6.08 Å². The summed E-state index contributed by atoms with van der Waals surface area (Å²) in [6.07, 6.45) is 1.64. The highest BCUT2D eigenvalue weighted by Crippen LogP contribution is 2.22. The van der Waals surface area contributed by atoms with E-state index in [2.05, 4.69) is 26.6 Å². The zero-order valence-corrected chi connectivity index (χ0v) is 9.40. The quantitative estimate of drug-likeness (QED) is 0.477. The first-order valence-corrected chi connectivity index (χ1v) is 4.49. The number of aromatic amines is 1. The molecule has 0 aliphatic heterocycles. The van der Waals surface area contributed by atoms with Crippen molar-refractivity contribution in [2.24, 2.45) is 4.99 Å². The molecular formula is C10H13N3O3. The topological polar surface area (TPSA) is 76.6 Å². The number of H-pyrrole nitrogens is 1. The van der Waals surface area contributed by atoms with Crippen LogP contribution < -0.4 is 0 Å². The average molecular weight is 223 g/mol. The second kappa shape index (κ2) is 5.11. The molecule has 0 saturated heterocycles. The van der Waals surface area contributed by atoms with Crippen molar-refractivity contribution in [2.45, 2.75) is 6.92 Å². The molecule has 16 heavy (non-hydrogen) atoms. The minimum atomic E-state index is -0.516. The van der Waals surface area contributed by atoms with Gasteiger partial charge in [0.2, 0.25) is 0 Å². The van der Waals surface area contributed by atoms with E-state index in [4.69, 9.17) is 4.74 Å². The number of aromatic nitrogens is 2. The molecule has 0 fully saturated rings. The second-order valence-corrected chi connectivity index (χ2v) is 2.94. The van der Waals surface area contributed by atoms with Crippen molar-refractivity contribution in [2.75, 3.05) is 14.2 Å². The summed E-state index contributed by atoms with van der Waals surface area (Å²) >= 11 is 0. The Morgan fingerprint density at radius 1 is 1.50 bits per heavy atom. The number of carbonyl (C=O) groups is 1. The molecule has 0 unspecified atom stereocenters. The van der Waals surface area contributed by atoms with Gasteiger partial charge in [-0.15, -0.1) is 0 Å². The van der Waals surface area contributed by atoms with Gasteiger partial charge in [0, 0.05) is 0 Å². The third-order valence-corrected chi connectivity index (χ3v) is 1.99. The first-order chi connectivity index (χ1) is 7.63. The van der Waals surface area contributed by atoms with Crippen molar-refractivity contribution in [1.29, 1.82) is 0 Å². The standard InChI is InChI=1S/C10H13N3O3/c1-6(15-3)5-7-8(10(14)16-4)12-13-9(7)11-2/h5H,2H2,1,3-4H3,(H,12,13)/b6-5+. The normalized spacial score (nSPS) is 11.1. The Hall–Kier alpha value is -2.11. The highest BCUT2D eigenvalue weighted by atomic mass is 16.5.